The first kappa shape index (κ1) is 10.8. The van der Waals surface area contributed by atoms with Gasteiger partial charge in [-0.1, -0.05) is 0 Å². The molecule has 1 heterocycles. The number of carbonyl (C=O) groups excluding carboxylic acids is 1. The molecule has 0 atom stereocenters. The fraction of sp³-hybridized carbons (Fsp3) is 0.375. The van der Waals surface area contributed by atoms with E-state index in [1.807, 2.05) is 6.07 Å². The van der Waals surface area contributed by atoms with E-state index in [0.29, 0.717) is 6.42 Å². The molecule has 6 heteroatoms. The molecule has 1 aromatic heterocycles. The van der Waals surface area contributed by atoms with Crippen LogP contribution in [-0.4, -0.2) is 25.6 Å². The van der Waals surface area contributed by atoms with Gasteiger partial charge in [-0.3, -0.25) is 4.79 Å². The Kier molecular flexibility index (Phi) is 3.29. The summed E-state index contributed by atoms with van der Waals surface area (Å²) in [4.78, 5) is 13.8. The molecule has 78 valence electrons. The van der Waals surface area contributed by atoms with E-state index in [-0.39, 0.29) is 6.42 Å². The van der Waals surface area contributed by atoms with Crippen molar-refractivity contribution in [2.45, 2.75) is 12.8 Å². The molecule has 1 aromatic rings. The third kappa shape index (κ3) is 4.08. The number of aryl methyl sites for hydroxylation is 1. The zero-order chi connectivity index (χ0) is 10.6. The number of aromatic nitrogens is 1. The molecule has 0 fully saturated rings. The van der Waals surface area contributed by atoms with Crippen LogP contribution in [0.2, 0.25) is 0 Å². The highest BCUT2D eigenvalue weighted by atomic mass is 32.2. The van der Waals surface area contributed by atoms with Crippen molar-refractivity contribution in [3.8, 4) is 0 Å². The summed E-state index contributed by atoms with van der Waals surface area (Å²) in [5.74, 6) is -0.734. The number of hydrogen-bond donors (Lipinski definition) is 1. The van der Waals surface area contributed by atoms with Crippen LogP contribution >= 0.6 is 0 Å². The number of H-pyrrole nitrogens is 1. The van der Waals surface area contributed by atoms with Gasteiger partial charge in [0.2, 0.25) is 0 Å². The van der Waals surface area contributed by atoms with Crippen molar-refractivity contribution in [1.82, 2.24) is 4.98 Å². The van der Waals surface area contributed by atoms with Crippen molar-refractivity contribution >= 4 is 16.1 Å². The first-order valence-electron chi connectivity index (χ1n) is 4.02. The molecular formula is C8H11NO4S. The third-order valence-corrected chi connectivity index (χ3v) is 1.99. The molecule has 0 unspecified atom stereocenters. The molecule has 0 radical (unpaired) electrons. The Balaban J connectivity index is 2.36. The van der Waals surface area contributed by atoms with E-state index < -0.39 is 16.1 Å². The molecule has 1 N–H and O–H groups in total. The molecule has 0 saturated heterocycles. The lowest BCUT2D eigenvalue weighted by atomic mass is 10.2. The maximum atomic E-state index is 10.9. The summed E-state index contributed by atoms with van der Waals surface area (Å²) in [5.41, 5.74) is 0.871. The van der Waals surface area contributed by atoms with Gasteiger partial charge in [-0.05, 0) is 18.6 Å². The minimum absolute atomic E-state index is 0.0492. The Morgan fingerprint density at radius 3 is 2.79 bits per heavy atom. The number of hydrogen-bond acceptors (Lipinski definition) is 4. The Labute approximate surface area is 82.2 Å². The average Bonchev–Trinajstić information content (AvgIpc) is 2.49. The van der Waals surface area contributed by atoms with Crippen LogP contribution in [0.1, 0.15) is 12.1 Å². The topological polar surface area (TPSA) is 76.2 Å². The zero-order valence-electron chi connectivity index (χ0n) is 7.69. The minimum atomic E-state index is -3.67. The first-order chi connectivity index (χ1) is 6.47. The largest absolute Gasteiger partial charge is 0.365 e. The summed E-state index contributed by atoms with van der Waals surface area (Å²) < 4.78 is 25.3. The van der Waals surface area contributed by atoms with Crippen LogP contribution in [0.3, 0.4) is 0 Å². The summed E-state index contributed by atoms with van der Waals surface area (Å²) in [6, 6.07) is 3.62. The number of rotatable bonds is 4. The normalized spacial score (nSPS) is 11.2. The van der Waals surface area contributed by atoms with Crippen molar-refractivity contribution in [1.29, 1.82) is 0 Å². The van der Waals surface area contributed by atoms with Gasteiger partial charge in [0.15, 0.2) is 0 Å². The van der Waals surface area contributed by atoms with Crippen LogP contribution in [0.15, 0.2) is 18.3 Å². The molecule has 0 aliphatic rings. The highest BCUT2D eigenvalue weighted by Gasteiger charge is 2.10. The molecular weight excluding hydrogens is 206 g/mol. The molecule has 0 aliphatic heterocycles. The second-order valence-electron chi connectivity index (χ2n) is 2.85. The smallest absolute Gasteiger partial charge is 0.322 e. The predicted octanol–water partition coefficient (Wildman–Crippen LogP) is 0.450. The second kappa shape index (κ2) is 4.28. The summed E-state index contributed by atoms with van der Waals surface area (Å²) in [6.45, 7) is 0. The highest BCUT2D eigenvalue weighted by Crippen LogP contribution is 2.01. The monoisotopic (exact) mass is 217 g/mol. The Morgan fingerprint density at radius 2 is 2.29 bits per heavy atom. The van der Waals surface area contributed by atoms with Crippen LogP contribution < -0.4 is 0 Å². The molecule has 1 rings (SSSR count). The molecule has 5 nitrogen and oxygen atoms in total. The van der Waals surface area contributed by atoms with Gasteiger partial charge in [0.1, 0.15) is 0 Å². The first-order valence-corrected chi connectivity index (χ1v) is 5.83. The molecule has 0 spiro atoms. The summed E-state index contributed by atoms with van der Waals surface area (Å²) in [6.07, 6.45) is 3.08. The van der Waals surface area contributed by atoms with Crippen molar-refractivity contribution in [2.75, 3.05) is 6.26 Å². The maximum absolute atomic E-state index is 10.9. The standard InChI is InChI=1S/C8H11NO4S/c1-14(11,12)13-8(10)5-4-7-3-2-6-9-7/h2-3,6,9H,4-5H2,1H3. The van der Waals surface area contributed by atoms with Crippen molar-refractivity contribution in [3.05, 3.63) is 24.0 Å². The lowest BCUT2D eigenvalue weighted by Gasteiger charge is -1.99. The van der Waals surface area contributed by atoms with E-state index in [4.69, 9.17) is 0 Å². The highest BCUT2D eigenvalue weighted by molar-refractivity contribution is 7.86. The van der Waals surface area contributed by atoms with Gasteiger partial charge in [-0.15, -0.1) is 0 Å². The third-order valence-electron chi connectivity index (χ3n) is 1.51. The van der Waals surface area contributed by atoms with Crippen molar-refractivity contribution < 1.29 is 17.4 Å². The van der Waals surface area contributed by atoms with E-state index in [1.54, 1.807) is 12.3 Å². The van der Waals surface area contributed by atoms with Crippen LogP contribution in [-0.2, 0) is 25.5 Å². The molecule has 0 bridgehead atoms. The maximum Gasteiger partial charge on any atom is 0.322 e. The number of nitrogens with one attached hydrogen (secondary N) is 1. The van der Waals surface area contributed by atoms with Gasteiger partial charge in [0, 0.05) is 11.9 Å². The summed E-state index contributed by atoms with van der Waals surface area (Å²) in [7, 11) is -3.67. The van der Waals surface area contributed by atoms with Gasteiger partial charge in [0.05, 0.1) is 12.7 Å². The zero-order valence-corrected chi connectivity index (χ0v) is 8.50. The number of carbonyl (C=O) groups is 1. The Morgan fingerprint density at radius 1 is 1.57 bits per heavy atom. The minimum Gasteiger partial charge on any atom is -0.365 e. The van der Waals surface area contributed by atoms with Gasteiger partial charge < -0.3 is 9.17 Å². The molecule has 0 aromatic carbocycles. The van der Waals surface area contributed by atoms with E-state index in [1.165, 1.54) is 0 Å². The second-order valence-corrected chi connectivity index (χ2v) is 4.43. The van der Waals surface area contributed by atoms with E-state index in [0.717, 1.165) is 11.9 Å². The Bertz CT molecular complexity index is 393. The molecule has 0 saturated carbocycles. The fourth-order valence-corrected chi connectivity index (χ4v) is 1.39. The van der Waals surface area contributed by atoms with Crippen LogP contribution in [0, 0.1) is 0 Å². The van der Waals surface area contributed by atoms with E-state index >= 15 is 0 Å². The number of aromatic amines is 1. The van der Waals surface area contributed by atoms with E-state index in [2.05, 4.69) is 9.17 Å². The van der Waals surface area contributed by atoms with Gasteiger partial charge in [0.25, 0.3) is 0 Å². The fourth-order valence-electron chi connectivity index (χ4n) is 0.970. The summed E-state index contributed by atoms with van der Waals surface area (Å²) in [5, 5.41) is 0. The van der Waals surface area contributed by atoms with Crippen LogP contribution in [0.5, 0.6) is 0 Å². The van der Waals surface area contributed by atoms with E-state index in [9.17, 15) is 13.2 Å². The van der Waals surface area contributed by atoms with Crippen LogP contribution in [0.25, 0.3) is 0 Å². The Hall–Kier alpha value is -1.30. The van der Waals surface area contributed by atoms with Gasteiger partial charge in [-0.2, -0.15) is 8.42 Å². The molecule has 0 aliphatic carbocycles. The lowest BCUT2D eigenvalue weighted by Crippen LogP contribution is -2.11. The van der Waals surface area contributed by atoms with Crippen LogP contribution in [0.4, 0.5) is 0 Å². The van der Waals surface area contributed by atoms with Crippen molar-refractivity contribution in [2.24, 2.45) is 0 Å². The molecule has 14 heavy (non-hydrogen) atoms. The SMILES string of the molecule is CS(=O)(=O)OC(=O)CCc1ccc[nH]1. The quantitative estimate of drug-likeness (QED) is 0.743. The average molecular weight is 217 g/mol. The molecule has 0 amide bonds. The predicted molar refractivity (Wildman–Crippen MR) is 50.0 cm³/mol. The van der Waals surface area contributed by atoms with Gasteiger partial charge in [-0.25, -0.2) is 0 Å². The van der Waals surface area contributed by atoms with Crippen molar-refractivity contribution in [3.63, 3.8) is 0 Å². The van der Waals surface area contributed by atoms with Gasteiger partial charge >= 0.3 is 16.1 Å². The lowest BCUT2D eigenvalue weighted by molar-refractivity contribution is -0.133. The summed E-state index contributed by atoms with van der Waals surface area (Å²) >= 11 is 0.